The molecule has 2 aliphatic rings. The standard InChI is InChI=1S/C11H20N2O2/c1-9-3-4-10(15-9)11(14)13-7-2-5-12-6-8-13/h9-10,12H,2-8H2,1H3. The average Bonchev–Trinajstić information content (AvgIpc) is 2.53. The molecule has 2 heterocycles. The number of carbonyl (C=O) groups is 1. The molecule has 2 atom stereocenters. The van der Waals surface area contributed by atoms with Crippen LogP contribution in [-0.4, -0.2) is 49.2 Å². The highest BCUT2D eigenvalue weighted by Gasteiger charge is 2.31. The molecule has 2 rings (SSSR count). The van der Waals surface area contributed by atoms with Crippen molar-refractivity contribution in [2.75, 3.05) is 26.2 Å². The van der Waals surface area contributed by atoms with Gasteiger partial charge in [-0.05, 0) is 32.7 Å². The van der Waals surface area contributed by atoms with E-state index in [1.165, 1.54) is 0 Å². The van der Waals surface area contributed by atoms with Gasteiger partial charge in [0.1, 0.15) is 6.10 Å². The largest absolute Gasteiger partial charge is 0.365 e. The number of carbonyl (C=O) groups excluding carboxylic acids is 1. The van der Waals surface area contributed by atoms with Crippen LogP contribution in [0.4, 0.5) is 0 Å². The number of nitrogens with zero attached hydrogens (tertiary/aromatic N) is 1. The Labute approximate surface area is 91.0 Å². The summed E-state index contributed by atoms with van der Waals surface area (Å²) in [6.45, 7) is 5.67. The highest BCUT2D eigenvalue weighted by Crippen LogP contribution is 2.21. The second-order valence-corrected chi connectivity index (χ2v) is 4.44. The highest BCUT2D eigenvalue weighted by molar-refractivity contribution is 5.81. The predicted molar refractivity (Wildman–Crippen MR) is 57.6 cm³/mol. The first-order valence-electron chi connectivity index (χ1n) is 5.92. The van der Waals surface area contributed by atoms with Crippen molar-refractivity contribution in [2.45, 2.75) is 38.4 Å². The number of ether oxygens (including phenoxy) is 1. The summed E-state index contributed by atoms with van der Waals surface area (Å²) in [7, 11) is 0. The first-order valence-corrected chi connectivity index (χ1v) is 5.92. The highest BCUT2D eigenvalue weighted by atomic mass is 16.5. The summed E-state index contributed by atoms with van der Waals surface area (Å²) in [4.78, 5) is 14.0. The Morgan fingerprint density at radius 3 is 2.93 bits per heavy atom. The summed E-state index contributed by atoms with van der Waals surface area (Å²) in [6, 6.07) is 0. The molecule has 86 valence electrons. The van der Waals surface area contributed by atoms with E-state index in [1.54, 1.807) is 0 Å². The van der Waals surface area contributed by atoms with Crippen molar-refractivity contribution in [3.05, 3.63) is 0 Å². The lowest BCUT2D eigenvalue weighted by molar-refractivity contribution is -0.142. The van der Waals surface area contributed by atoms with Gasteiger partial charge in [0.25, 0.3) is 5.91 Å². The minimum Gasteiger partial charge on any atom is -0.365 e. The van der Waals surface area contributed by atoms with Crippen molar-refractivity contribution in [2.24, 2.45) is 0 Å². The van der Waals surface area contributed by atoms with E-state index in [0.29, 0.717) is 0 Å². The topological polar surface area (TPSA) is 41.6 Å². The SMILES string of the molecule is CC1CCC(C(=O)N2CCCNCC2)O1. The van der Waals surface area contributed by atoms with Crippen molar-refractivity contribution in [3.63, 3.8) is 0 Å². The van der Waals surface area contributed by atoms with Crippen LogP contribution in [0, 0.1) is 0 Å². The van der Waals surface area contributed by atoms with Crippen molar-refractivity contribution in [1.29, 1.82) is 0 Å². The van der Waals surface area contributed by atoms with Crippen LogP contribution in [0.1, 0.15) is 26.2 Å². The van der Waals surface area contributed by atoms with Crippen LogP contribution in [0.15, 0.2) is 0 Å². The Morgan fingerprint density at radius 2 is 2.20 bits per heavy atom. The van der Waals surface area contributed by atoms with Gasteiger partial charge in [-0.25, -0.2) is 0 Å². The summed E-state index contributed by atoms with van der Waals surface area (Å²) < 4.78 is 5.61. The number of hydrogen-bond acceptors (Lipinski definition) is 3. The maximum atomic E-state index is 12.1. The van der Waals surface area contributed by atoms with E-state index in [2.05, 4.69) is 5.32 Å². The van der Waals surface area contributed by atoms with E-state index in [1.807, 2.05) is 11.8 Å². The summed E-state index contributed by atoms with van der Waals surface area (Å²) in [5.41, 5.74) is 0. The third-order valence-corrected chi connectivity index (χ3v) is 3.16. The van der Waals surface area contributed by atoms with Gasteiger partial charge in [0, 0.05) is 19.6 Å². The molecule has 2 fully saturated rings. The van der Waals surface area contributed by atoms with Gasteiger partial charge in [-0.15, -0.1) is 0 Å². The van der Waals surface area contributed by atoms with E-state index >= 15 is 0 Å². The zero-order chi connectivity index (χ0) is 10.7. The average molecular weight is 212 g/mol. The Morgan fingerprint density at radius 1 is 1.33 bits per heavy atom. The summed E-state index contributed by atoms with van der Waals surface area (Å²) in [5, 5.41) is 3.30. The monoisotopic (exact) mass is 212 g/mol. The molecule has 0 aliphatic carbocycles. The Hall–Kier alpha value is -0.610. The van der Waals surface area contributed by atoms with E-state index in [9.17, 15) is 4.79 Å². The van der Waals surface area contributed by atoms with Gasteiger partial charge < -0.3 is 15.0 Å². The fraction of sp³-hybridized carbons (Fsp3) is 0.909. The number of rotatable bonds is 1. The van der Waals surface area contributed by atoms with Crippen LogP contribution in [0.25, 0.3) is 0 Å². The lowest BCUT2D eigenvalue weighted by Crippen LogP contribution is -2.41. The third kappa shape index (κ3) is 2.69. The fourth-order valence-corrected chi connectivity index (χ4v) is 2.25. The summed E-state index contributed by atoms with van der Waals surface area (Å²) in [5.74, 6) is 0.197. The Bertz CT molecular complexity index is 225. The zero-order valence-electron chi connectivity index (χ0n) is 9.37. The van der Waals surface area contributed by atoms with Crippen LogP contribution in [-0.2, 0) is 9.53 Å². The molecule has 0 aromatic carbocycles. The summed E-state index contributed by atoms with van der Waals surface area (Å²) >= 11 is 0. The molecule has 1 N–H and O–H groups in total. The Kier molecular flexibility index (Phi) is 3.59. The number of nitrogens with one attached hydrogen (secondary N) is 1. The maximum Gasteiger partial charge on any atom is 0.251 e. The van der Waals surface area contributed by atoms with Crippen molar-refractivity contribution in [3.8, 4) is 0 Å². The van der Waals surface area contributed by atoms with Crippen molar-refractivity contribution >= 4 is 5.91 Å². The lowest BCUT2D eigenvalue weighted by Gasteiger charge is -2.23. The molecule has 0 radical (unpaired) electrons. The number of hydrogen-bond donors (Lipinski definition) is 1. The molecule has 4 heteroatoms. The summed E-state index contributed by atoms with van der Waals surface area (Å²) in [6.07, 6.45) is 3.04. The van der Waals surface area contributed by atoms with Crippen LogP contribution < -0.4 is 5.32 Å². The molecule has 2 aliphatic heterocycles. The van der Waals surface area contributed by atoms with Gasteiger partial charge in [0.2, 0.25) is 0 Å². The molecular formula is C11H20N2O2. The van der Waals surface area contributed by atoms with Gasteiger partial charge in [-0.3, -0.25) is 4.79 Å². The zero-order valence-corrected chi connectivity index (χ0v) is 9.37. The molecule has 0 spiro atoms. The minimum absolute atomic E-state index is 0.168. The van der Waals surface area contributed by atoms with Crippen LogP contribution in [0.3, 0.4) is 0 Å². The van der Waals surface area contributed by atoms with Crippen LogP contribution >= 0.6 is 0 Å². The second-order valence-electron chi connectivity index (χ2n) is 4.44. The quantitative estimate of drug-likeness (QED) is 0.683. The molecule has 0 bridgehead atoms. The van der Waals surface area contributed by atoms with Crippen LogP contribution in [0.2, 0.25) is 0 Å². The molecule has 2 unspecified atom stereocenters. The molecule has 0 saturated carbocycles. The molecule has 0 aromatic heterocycles. The van der Waals surface area contributed by atoms with E-state index in [-0.39, 0.29) is 18.1 Å². The first kappa shape index (κ1) is 10.9. The van der Waals surface area contributed by atoms with Gasteiger partial charge >= 0.3 is 0 Å². The van der Waals surface area contributed by atoms with E-state index in [0.717, 1.165) is 45.4 Å². The van der Waals surface area contributed by atoms with E-state index < -0.39 is 0 Å². The second kappa shape index (κ2) is 4.94. The molecule has 2 saturated heterocycles. The lowest BCUT2D eigenvalue weighted by atomic mass is 10.2. The van der Waals surface area contributed by atoms with E-state index in [4.69, 9.17) is 4.74 Å². The molecule has 1 amide bonds. The molecule has 15 heavy (non-hydrogen) atoms. The van der Waals surface area contributed by atoms with Crippen LogP contribution in [0.5, 0.6) is 0 Å². The van der Waals surface area contributed by atoms with Gasteiger partial charge in [0.05, 0.1) is 6.10 Å². The Balaban J connectivity index is 1.88. The smallest absolute Gasteiger partial charge is 0.251 e. The molecule has 0 aromatic rings. The van der Waals surface area contributed by atoms with Crippen molar-refractivity contribution < 1.29 is 9.53 Å². The van der Waals surface area contributed by atoms with Crippen molar-refractivity contribution in [1.82, 2.24) is 10.2 Å². The van der Waals surface area contributed by atoms with Gasteiger partial charge in [-0.1, -0.05) is 0 Å². The fourth-order valence-electron chi connectivity index (χ4n) is 2.25. The molecular weight excluding hydrogens is 192 g/mol. The minimum atomic E-state index is -0.168. The maximum absolute atomic E-state index is 12.1. The third-order valence-electron chi connectivity index (χ3n) is 3.16. The number of amides is 1. The normalized spacial score (nSPS) is 32.7. The van der Waals surface area contributed by atoms with Gasteiger partial charge in [-0.2, -0.15) is 0 Å². The van der Waals surface area contributed by atoms with Gasteiger partial charge in [0.15, 0.2) is 0 Å². The molecule has 4 nitrogen and oxygen atoms in total. The predicted octanol–water partition coefficient (Wildman–Crippen LogP) is 0.376. The first-order chi connectivity index (χ1) is 7.27.